The van der Waals surface area contributed by atoms with Crippen LogP contribution in [-0.4, -0.2) is 26.3 Å². The fraction of sp³-hybridized carbons (Fsp3) is 0.318. The number of Topliss-reactive ketones (excluding diaryl/α,β-unsaturated/α-hetero) is 1. The third kappa shape index (κ3) is 5.86. The second kappa shape index (κ2) is 10.5. The first kappa shape index (κ1) is 22.8. The van der Waals surface area contributed by atoms with Crippen LogP contribution in [0, 0.1) is 5.92 Å². The van der Waals surface area contributed by atoms with E-state index in [-0.39, 0.29) is 17.6 Å². The van der Waals surface area contributed by atoms with Gasteiger partial charge in [0.25, 0.3) is 0 Å². The Morgan fingerprint density at radius 1 is 1.13 bits per heavy atom. The number of carbonyl (C=O) groups excluding carboxylic acids is 1. The maximum Gasteiger partial charge on any atom is 0.191 e. The Labute approximate surface area is 194 Å². The number of aromatic nitrogens is 3. The highest BCUT2D eigenvalue weighted by molar-refractivity contribution is 9.10. The molecular weight excluding hydrogens is 486 g/mol. The van der Waals surface area contributed by atoms with Gasteiger partial charge in [-0.2, -0.15) is 0 Å². The second-order valence-electron chi connectivity index (χ2n) is 7.25. The number of hydrogen-bond donors (Lipinski definition) is 0. The molecule has 0 saturated carbocycles. The van der Waals surface area contributed by atoms with Crippen molar-refractivity contribution >= 4 is 45.1 Å². The summed E-state index contributed by atoms with van der Waals surface area (Å²) < 4.78 is 9.02. The van der Waals surface area contributed by atoms with Crippen molar-refractivity contribution in [3.05, 3.63) is 69.4 Å². The summed E-state index contributed by atoms with van der Waals surface area (Å²) in [4.78, 5) is 12.5. The summed E-state index contributed by atoms with van der Waals surface area (Å²) >= 11 is 11.0. The molecule has 0 amide bonds. The van der Waals surface area contributed by atoms with Crippen LogP contribution in [-0.2, 0) is 6.54 Å². The number of carbonyl (C=O) groups is 1. The molecule has 3 rings (SSSR count). The molecule has 30 heavy (non-hydrogen) atoms. The van der Waals surface area contributed by atoms with Gasteiger partial charge in [-0.3, -0.25) is 4.79 Å². The standard InChI is InChI=1S/C22H23BrClN3O2S/c1-14(2)12-27-21(15(3)29-20-7-5-4-6-18(20)24)25-26-22(27)30-13-19(28)16-8-10-17(23)11-9-16/h4-11,14-15H,12-13H2,1-3H3. The summed E-state index contributed by atoms with van der Waals surface area (Å²) in [6.07, 6.45) is -0.340. The Bertz CT molecular complexity index is 1010. The van der Waals surface area contributed by atoms with Crippen LogP contribution >= 0.6 is 39.3 Å². The van der Waals surface area contributed by atoms with Crippen LogP contribution in [0.15, 0.2) is 58.2 Å². The van der Waals surface area contributed by atoms with E-state index in [1.165, 1.54) is 11.8 Å². The zero-order chi connectivity index (χ0) is 21.7. The fourth-order valence-corrected chi connectivity index (χ4v) is 4.17. The number of ether oxygens (including phenoxy) is 1. The third-order valence-electron chi connectivity index (χ3n) is 4.30. The van der Waals surface area contributed by atoms with Crippen molar-refractivity contribution in [3.8, 4) is 5.75 Å². The van der Waals surface area contributed by atoms with E-state index in [0.29, 0.717) is 33.2 Å². The third-order valence-corrected chi connectivity index (χ3v) is 6.10. The zero-order valence-corrected chi connectivity index (χ0v) is 20.2. The van der Waals surface area contributed by atoms with Crippen LogP contribution in [0.4, 0.5) is 0 Å². The normalized spacial score (nSPS) is 12.2. The van der Waals surface area contributed by atoms with Crippen LogP contribution in [0.25, 0.3) is 0 Å². The van der Waals surface area contributed by atoms with Gasteiger partial charge in [0.05, 0.1) is 10.8 Å². The van der Waals surface area contributed by atoms with Crippen LogP contribution < -0.4 is 4.74 Å². The molecule has 0 aliphatic rings. The van der Waals surface area contributed by atoms with E-state index in [4.69, 9.17) is 16.3 Å². The molecule has 8 heteroatoms. The first-order valence-electron chi connectivity index (χ1n) is 9.61. The Kier molecular flexibility index (Phi) is 7.97. The van der Waals surface area contributed by atoms with E-state index in [0.717, 1.165) is 11.0 Å². The molecule has 0 fully saturated rings. The first-order valence-corrected chi connectivity index (χ1v) is 11.8. The average molecular weight is 509 g/mol. The number of ketones is 1. The van der Waals surface area contributed by atoms with Gasteiger partial charge in [-0.1, -0.05) is 77.4 Å². The maximum absolute atomic E-state index is 12.5. The molecule has 1 unspecified atom stereocenters. The van der Waals surface area contributed by atoms with Crippen molar-refractivity contribution in [2.45, 2.75) is 38.6 Å². The van der Waals surface area contributed by atoms with Gasteiger partial charge in [0.15, 0.2) is 22.9 Å². The van der Waals surface area contributed by atoms with Crippen molar-refractivity contribution in [1.29, 1.82) is 0 Å². The molecule has 0 aliphatic heterocycles. The van der Waals surface area contributed by atoms with E-state index >= 15 is 0 Å². The summed E-state index contributed by atoms with van der Waals surface area (Å²) in [6, 6.07) is 14.7. The average Bonchev–Trinajstić information content (AvgIpc) is 3.10. The maximum atomic E-state index is 12.5. The molecule has 3 aromatic rings. The summed E-state index contributed by atoms with van der Waals surface area (Å²) in [5.41, 5.74) is 0.677. The summed E-state index contributed by atoms with van der Waals surface area (Å²) in [6.45, 7) is 6.91. The van der Waals surface area contributed by atoms with Crippen molar-refractivity contribution in [2.24, 2.45) is 5.92 Å². The summed E-state index contributed by atoms with van der Waals surface area (Å²) in [5.74, 6) is 2.03. The van der Waals surface area contributed by atoms with Crippen LogP contribution in [0.1, 0.15) is 43.1 Å². The van der Waals surface area contributed by atoms with Gasteiger partial charge in [-0.15, -0.1) is 10.2 Å². The Balaban J connectivity index is 1.76. The minimum absolute atomic E-state index is 0.0495. The molecule has 0 bridgehead atoms. The van der Waals surface area contributed by atoms with E-state index in [2.05, 4.69) is 40.0 Å². The highest BCUT2D eigenvalue weighted by atomic mass is 79.9. The van der Waals surface area contributed by atoms with Crippen LogP contribution in [0.2, 0.25) is 5.02 Å². The molecule has 0 N–H and O–H groups in total. The largest absolute Gasteiger partial charge is 0.481 e. The molecule has 0 aliphatic carbocycles. The molecule has 1 atom stereocenters. The van der Waals surface area contributed by atoms with Gasteiger partial charge in [0.1, 0.15) is 5.75 Å². The van der Waals surface area contributed by atoms with Crippen molar-refractivity contribution in [2.75, 3.05) is 5.75 Å². The SMILES string of the molecule is CC(C)Cn1c(SCC(=O)c2ccc(Br)cc2)nnc1C(C)Oc1ccccc1Cl. The number of benzene rings is 2. The van der Waals surface area contributed by atoms with Gasteiger partial charge in [-0.25, -0.2) is 0 Å². The van der Waals surface area contributed by atoms with E-state index in [9.17, 15) is 4.79 Å². The van der Waals surface area contributed by atoms with Crippen LogP contribution in [0.3, 0.4) is 0 Å². The molecule has 1 heterocycles. The minimum Gasteiger partial charge on any atom is -0.481 e. The smallest absolute Gasteiger partial charge is 0.191 e. The first-order chi connectivity index (χ1) is 14.3. The van der Waals surface area contributed by atoms with Crippen molar-refractivity contribution in [1.82, 2.24) is 14.8 Å². The molecule has 0 radical (unpaired) electrons. The Morgan fingerprint density at radius 2 is 1.83 bits per heavy atom. The Hall–Kier alpha value is -1.83. The molecule has 0 saturated heterocycles. The number of para-hydroxylation sites is 1. The summed E-state index contributed by atoms with van der Waals surface area (Å²) in [7, 11) is 0. The predicted molar refractivity (Wildman–Crippen MR) is 125 cm³/mol. The van der Waals surface area contributed by atoms with Gasteiger partial charge >= 0.3 is 0 Å². The second-order valence-corrected chi connectivity index (χ2v) is 9.52. The quantitative estimate of drug-likeness (QED) is 0.245. The molecule has 158 valence electrons. The number of thioether (sulfide) groups is 1. The lowest BCUT2D eigenvalue weighted by Crippen LogP contribution is -2.15. The number of rotatable bonds is 9. The Morgan fingerprint density at radius 3 is 2.50 bits per heavy atom. The van der Waals surface area contributed by atoms with E-state index in [1.807, 2.05) is 54.0 Å². The van der Waals surface area contributed by atoms with Gasteiger partial charge < -0.3 is 9.30 Å². The van der Waals surface area contributed by atoms with Gasteiger partial charge in [0.2, 0.25) is 0 Å². The lowest BCUT2D eigenvalue weighted by molar-refractivity contribution is 0.102. The topological polar surface area (TPSA) is 57.0 Å². The zero-order valence-electron chi connectivity index (χ0n) is 17.0. The number of nitrogens with zero attached hydrogens (tertiary/aromatic N) is 3. The fourth-order valence-electron chi connectivity index (χ4n) is 2.88. The molecular formula is C22H23BrClN3O2S. The van der Waals surface area contributed by atoms with Gasteiger partial charge in [0, 0.05) is 16.6 Å². The number of hydrogen-bond acceptors (Lipinski definition) is 5. The molecule has 0 spiro atoms. The molecule has 1 aromatic heterocycles. The van der Waals surface area contributed by atoms with E-state index in [1.54, 1.807) is 6.07 Å². The lowest BCUT2D eigenvalue weighted by atomic mass is 10.2. The molecule has 2 aromatic carbocycles. The molecule has 5 nitrogen and oxygen atoms in total. The monoisotopic (exact) mass is 507 g/mol. The van der Waals surface area contributed by atoms with Crippen LogP contribution in [0.5, 0.6) is 5.75 Å². The number of halogens is 2. The highest BCUT2D eigenvalue weighted by Crippen LogP contribution is 2.30. The van der Waals surface area contributed by atoms with Gasteiger partial charge in [-0.05, 0) is 37.1 Å². The summed E-state index contributed by atoms with van der Waals surface area (Å²) in [5, 5.41) is 9.96. The van der Waals surface area contributed by atoms with E-state index < -0.39 is 0 Å². The van der Waals surface area contributed by atoms with Crippen molar-refractivity contribution < 1.29 is 9.53 Å². The predicted octanol–water partition coefficient (Wildman–Crippen LogP) is 6.47. The highest BCUT2D eigenvalue weighted by Gasteiger charge is 2.21. The lowest BCUT2D eigenvalue weighted by Gasteiger charge is -2.18. The van der Waals surface area contributed by atoms with Crippen molar-refractivity contribution in [3.63, 3.8) is 0 Å². The minimum atomic E-state index is -0.340.